The first-order chi connectivity index (χ1) is 9.15. The van der Waals surface area contributed by atoms with E-state index >= 15 is 0 Å². The first-order valence-electron chi connectivity index (χ1n) is 6.80. The Morgan fingerprint density at radius 1 is 1.47 bits per heavy atom. The Hall–Kier alpha value is -1.49. The lowest BCUT2D eigenvalue weighted by Gasteiger charge is -2.40. The second-order valence-corrected chi connectivity index (χ2v) is 4.92. The van der Waals surface area contributed by atoms with Gasteiger partial charge in [-0.3, -0.25) is 9.78 Å². The predicted molar refractivity (Wildman–Crippen MR) is 71.4 cm³/mol. The van der Waals surface area contributed by atoms with Crippen LogP contribution in [0.1, 0.15) is 37.0 Å². The predicted octanol–water partition coefficient (Wildman–Crippen LogP) is 1.82. The molecule has 0 radical (unpaired) electrons. The van der Waals surface area contributed by atoms with Crippen LogP contribution in [0.3, 0.4) is 0 Å². The minimum atomic E-state index is -0.471. The SMILES string of the molecule is CCC1CN(C(=O)c2cncc(F)c2)C(CC)CN1. The molecule has 104 valence electrons. The number of rotatable bonds is 3. The van der Waals surface area contributed by atoms with Crippen molar-refractivity contribution in [1.82, 2.24) is 15.2 Å². The van der Waals surface area contributed by atoms with Gasteiger partial charge in [0.2, 0.25) is 0 Å². The summed E-state index contributed by atoms with van der Waals surface area (Å²) in [6.45, 7) is 5.62. The monoisotopic (exact) mass is 265 g/mol. The highest BCUT2D eigenvalue weighted by Crippen LogP contribution is 2.16. The van der Waals surface area contributed by atoms with Crippen LogP contribution in [-0.2, 0) is 0 Å². The number of halogens is 1. The van der Waals surface area contributed by atoms with Crippen molar-refractivity contribution in [2.75, 3.05) is 13.1 Å². The standard InChI is InChI=1S/C14H20FN3O/c1-3-12-9-18(13(4-2)8-17-12)14(19)10-5-11(15)7-16-6-10/h5-7,12-13,17H,3-4,8-9H2,1-2H3. The van der Waals surface area contributed by atoms with Crippen molar-refractivity contribution >= 4 is 5.91 Å². The van der Waals surface area contributed by atoms with Crippen molar-refractivity contribution in [3.05, 3.63) is 29.8 Å². The second kappa shape index (κ2) is 6.10. The molecule has 2 rings (SSSR count). The number of pyridine rings is 1. The fraction of sp³-hybridized carbons (Fsp3) is 0.571. The number of aromatic nitrogens is 1. The molecule has 1 saturated heterocycles. The molecule has 1 N–H and O–H groups in total. The number of carbonyl (C=O) groups is 1. The van der Waals surface area contributed by atoms with Gasteiger partial charge in [0.1, 0.15) is 5.82 Å². The van der Waals surface area contributed by atoms with E-state index in [1.54, 1.807) is 0 Å². The molecule has 1 fully saturated rings. The van der Waals surface area contributed by atoms with E-state index in [1.807, 2.05) is 4.90 Å². The number of amides is 1. The van der Waals surface area contributed by atoms with Crippen molar-refractivity contribution < 1.29 is 9.18 Å². The van der Waals surface area contributed by atoms with Crippen LogP contribution in [0, 0.1) is 5.82 Å². The summed E-state index contributed by atoms with van der Waals surface area (Å²) in [6.07, 6.45) is 4.40. The van der Waals surface area contributed by atoms with E-state index in [2.05, 4.69) is 24.1 Å². The molecule has 4 nitrogen and oxygen atoms in total. The van der Waals surface area contributed by atoms with Gasteiger partial charge in [-0.25, -0.2) is 4.39 Å². The molecule has 1 amide bonds. The normalized spacial score (nSPS) is 23.4. The van der Waals surface area contributed by atoms with Crippen molar-refractivity contribution in [2.45, 2.75) is 38.8 Å². The summed E-state index contributed by atoms with van der Waals surface area (Å²) in [7, 11) is 0. The molecule has 2 unspecified atom stereocenters. The maximum absolute atomic E-state index is 13.2. The molecule has 0 bridgehead atoms. The molecule has 5 heteroatoms. The molecule has 19 heavy (non-hydrogen) atoms. The fourth-order valence-electron chi connectivity index (χ4n) is 2.45. The minimum Gasteiger partial charge on any atom is -0.333 e. The molecule has 2 atom stereocenters. The molecule has 1 aliphatic heterocycles. The summed E-state index contributed by atoms with van der Waals surface area (Å²) in [5, 5.41) is 3.43. The third kappa shape index (κ3) is 3.10. The summed E-state index contributed by atoms with van der Waals surface area (Å²) >= 11 is 0. The van der Waals surface area contributed by atoms with Gasteiger partial charge in [0, 0.05) is 31.4 Å². The Labute approximate surface area is 113 Å². The molecule has 0 aromatic carbocycles. The first-order valence-corrected chi connectivity index (χ1v) is 6.80. The Morgan fingerprint density at radius 3 is 2.89 bits per heavy atom. The zero-order chi connectivity index (χ0) is 13.8. The van der Waals surface area contributed by atoms with E-state index in [9.17, 15) is 9.18 Å². The van der Waals surface area contributed by atoms with Crippen LogP contribution in [0.15, 0.2) is 18.5 Å². The number of hydrogen-bond acceptors (Lipinski definition) is 3. The van der Waals surface area contributed by atoms with Crippen LogP contribution in [0.4, 0.5) is 4.39 Å². The van der Waals surface area contributed by atoms with Gasteiger partial charge in [-0.05, 0) is 18.9 Å². The lowest BCUT2D eigenvalue weighted by atomic mass is 10.0. The van der Waals surface area contributed by atoms with Gasteiger partial charge < -0.3 is 10.2 Å². The van der Waals surface area contributed by atoms with E-state index in [1.165, 1.54) is 12.3 Å². The summed E-state index contributed by atoms with van der Waals surface area (Å²) in [6, 6.07) is 1.73. The van der Waals surface area contributed by atoms with E-state index < -0.39 is 5.82 Å². The average Bonchev–Trinajstić information content (AvgIpc) is 2.45. The van der Waals surface area contributed by atoms with Gasteiger partial charge in [-0.1, -0.05) is 13.8 Å². The topological polar surface area (TPSA) is 45.2 Å². The third-order valence-electron chi connectivity index (χ3n) is 3.68. The number of nitrogens with zero attached hydrogens (tertiary/aromatic N) is 2. The second-order valence-electron chi connectivity index (χ2n) is 4.92. The van der Waals surface area contributed by atoms with Crippen molar-refractivity contribution in [1.29, 1.82) is 0 Å². The highest BCUT2D eigenvalue weighted by molar-refractivity contribution is 5.94. The van der Waals surface area contributed by atoms with E-state index in [-0.39, 0.29) is 11.9 Å². The Kier molecular flexibility index (Phi) is 4.47. The number of piperazine rings is 1. The first kappa shape index (κ1) is 13.9. The largest absolute Gasteiger partial charge is 0.333 e. The molecule has 0 saturated carbocycles. The molecule has 0 aliphatic carbocycles. The molecular weight excluding hydrogens is 245 g/mol. The van der Waals surface area contributed by atoms with Gasteiger partial charge >= 0.3 is 0 Å². The van der Waals surface area contributed by atoms with E-state index in [4.69, 9.17) is 0 Å². The third-order valence-corrected chi connectivity index (χ3v) is 3.68. The van der Waals surface area contributed by atoms with Crippen molar-refractivity contribution in [2.24, 2.45) is 0 Å². The quantitative estimate of drug-likeness (QED) is 0.906. The maximum Gasteiger partial charge on any atom is 0.255 e. The Morgan fingerprint density at radius 2 is 2.26 bits per heavy atom. The summed E-state index contributed by atoms with van der Waals surface area (Å²) in [4.78, 5) is 18.1. The summed E-state index contributed by atoms with van der Waals surface area (Å²) in [5.41, 5.74) is 0.329. The number of nitrogens with one attached hydrogen (secondary N) is 1. The average molecular weight is 265 g/mol. The molecule has 1 aromatic rings. The summed E-state index contributed by atoms with van der Waals surface area (Å²) in [5.74, 6) is -0.597. The van der Waals surface area contributed by atoms with Gasteiger partial charge in [0.25, 0.3) is 5.91 Å². The van der Waals surface area contributed by atoms with Gasteiger partial charge in [0.05, 0.1) is 11.8 Å². The molecule has 2 heterocycles. The van der Waals surface area contributed by atoms with Crippen LogP contribution < -0.4 is 5.32 Å². The smallest absolute Gasteiger partial charge is 0.255 e. The summed E-state index contributed by atoms with van der Waals surface area (Å²) < 4.78 is 13.2. The van der Waals surface area contributed by atoms with Crippen LogP contribution in [-0.4, -0.2) is 41.0 Å². The molecule has 0 spiro atoms. The highest BCUT2D eigenvalue weighted by atomic mass is 19.1. The van der Waals surface area contributed by atoms with E-state index in [0.717, 1.165) is 25.6 Å². The van der Waals surface area contributed by atoms with Gasteiger partial charge in [-0.2, -0.15) is 0 Å². The number of hydrogen-bond donors (Lipinski definition) is 1. The molecular formula is C14H20FN3O. The van der Waals surface area contributed by atoms with Crippen LogP contribution in [0.5, 0.6) is 0 Å². The molecule has 1 aromatic heterocycles. The highest BCUT2D eigenvalue weighted by Gasteiger charge is 2.30. The Bertz CT molecular complexity index is 452. The fourth-order valence-corrected chi connectivity index (χ4v) is 2.45. The van der Waals surface area contributed by atoms with Crippen LogP contribution in [0.2, 0.25) is 0 Å². The molecule has 1 aliphatic rings. The van der Waals surface area contributed by atoms with Gasteiger partial charge in [0.15, 0.2) is 0 Å². The Balaban J connectivity index is 2.19. The van der Waals surface area contributed by atoms with Crippen molar-refractivity contribution in [3.63, 3.8) is 0 Å². The maximum atomic E-state index is 13.2. The number of carbonyl (C=O) groups excluding carboxylic acids is 1. The van der Waals surface area contributed by atoms with Gasteiger partial charge in [-0.15, -0.1) is 0 Å². The zero-order valence-corrected chi connectivity index (χ0v) is 11.4. The lowest BCUT2D eigenvalue weighted by Crippen LogP contribution is -2.57. The lowest BCUT2D eigenvalue weighted by molar-refractivity contribution is 0.0575. The van der Waals surface area contributed by atoms with Crippen molar-refractivity contribution in [3.8, 4) is 0 Å². The zero-order valence-electron chi connectivity index (χ0n) is 11.4. The minimum absolute atomic E-state index is 0.126. The van der Waals surface area contributed by atoms with Crippen LogP contribution in [0.25, 0.3) is 0 Å². The van der Waals surface area contributed by atoms with E-state index in [0.29, 0.717) is 18.2 Å². The van der Waals surface area contributed by atoms with Crippen LogP contribution >= 0.6 is 0 Å².